The summed E-state index contributed by atoms with van der Waals surface area (Å²) in [5, 5.41) is 10.3. The summed E-state index contributed by atoms with van der Waals surface area (Å²) < 4.78 is 3.44. The van der Waals surface area contributed by atoms with E-state index in [0.29, 0.717) is 5.41 Å². The molecule has 4 aliphatic rings. The number of allylic oxidation sites excluding steroid dienone is 1. The molecule has 148 valence electrons. The van der Waals surface area contributed by atoms with E-state index in [1.807, 2.05) is 6.08 Å². The molecule has 4 aliphatic carbocycles. The van der Waals surface area contributed by atoms with Gasteiger partial charge in [-0.2, -0.15) is 0 Å². The average molecular weight is 458 g/mol. The van der Waals surface area contributed by atoms with Crippen LogP contribution in [-0.4, -0.2) is 14.8 Å². The van der Waals surface area contributed by atoms with Gasteiger partial charge in [0.05, 0.1) is 0 Å². The van der Waals surface area contributed by atoms with Gasteiger partial charge in [0.1, 0.15) is 5.82 Å². The van der Waals surface area contributed by atoms with Gasteiger partial charge in [-0.15, -0.1) is 16.8 Å². The van der Waals surface area contributed by atoms with Crippen LogP contribution in [0.25, 0.3) is 0 Å². The van der Waals surface area contributed by atoms with Crippen LogP contribution in [0.1, 0.15) is 49.9 Å². The molecule has 2 aromatic rings. The third-order valence-corrected chi connectivity index (χ3v) is 8.59. The van der Waals surface area contributed by atoms with E-state index >= 15 is 0 Å². The van der Waals surface area contributed by atoms with Gasteiger partial charge in [-0.1, -0.05) is 45.9 Å². The Bertz CT molecular complexity index is 839. The lowest BCUT2D eigenvalue weighted by Crippen LogP contribution is -2.47. The van der Waals surface area contributed by atoms with E-state index in [0.717, 1.165) is 46.1 Å². The summed E-state index contributed by atoms with van der Waals surface area (Å²) in [6.45, 7) is 4.78. The number of rotatable bonds is 7. The minimum atomic E-state index is 0.493. The molecule has 4 saturated carbocycles. The van der Waals surface area contributed by atoms with Crippen LogP contribution in [0.5, 0.6) is 0 Å². The van der Waals surface area contributed by atoms with Crippen molar-refractivity contribution < 1.29 is 0 Å². The highest BCUT2D eigenvalue weighted by molar-refractivity contribution is 9.10. The molecular formula is C23H28BrN3S. The molecule has 1 heterocycles. The number of hydrogen-bond donors (Lipinski definition) is 0. The maximum absolute atomic E-state index is 4.68. The maximum atomic E-state index is 4.68. The molecule has 0 unspecified atom stereocenters. The van der Waals surface area contributed by atoms with Gasteiger partial charge >= 0.3 is 0 Å². The van der Waals surface area contributed by atoms with Gasteiger partial charge in [-0.05, 0) is 79.4 Å². The van der Waals surface area contributed by atoms with Gasteiger partial charge in [-0.3, -0.25) is 0 Å². The summed E-state index contributed by atoms with van der Waals surface area (Å²) in [5.74, 6) is 5.03. The first-order valence-electron chi connectivity index (χ1n) is 10.5. The van der Waals surface area contributed by atoms with E-state index in [-0.39, 0.29) is 0 Å². The fraction of sp³-hybridized carbons (Fsp3) is 0.565. The molecule has 4 bridgehead atoms. The quantitative estimate of drug-likeness (QED) is 0.362. The molecule has 0 radical (unpaired) electrons. The number of nitrogens with zero attached hydrogens (tertiary/aromatic N) is 3. The highest BCUT2D eigenvalue weighted by Gasteiger charge is 2.51. The lowest BCUT2D eigenvalue weighted by molar-refractivity contribution is -0.0535. The Morgan fingerprint density at radius 2 is 1.86 bits per heavy atom. The van der Waals surface area contributed by atoms with Crippen LogP contribution >= 0.6 is 27.7 Å². The van der Waals surface area contributed by atoms with Crippen LogP contribution in [0, 0.1) is 23.2 Å². The standard InChI is InChI=1S/C23H28BrN3S/c1-2-6-27-21(14-23-11-17-7-18(12-23)9-19(8-17)13-23)25-26-22(27)28-15-16-4-3-5-20(24)10-16/h2-5,10,17-19H,1,6-9,11-15H2. The normalized spacial score (nSPS) is 30.7. The first-order chi connectivity index (χ1) is 13.6. The third-order valence-electron chi connectivity index (χ3n) is 7.06. The predicted molar refractivity (Wildman–Crippen MR) is 118 cm³/mol. The Hall–Kier alpha value is -1.07. The zero-order valence-corrected chi connectivity index (χ0v) is 18.7. The zero-order chi connectivity index (χ0) is 19.1. The van der Waals surface area contributed by atoms with Gasteiger partial charge in [0, 0.05) is 23.2 Å². The van der Waals surface area contributed by atoms with Crippen LogP contribution in [-0.2, 0) is 18.7 Å². The highest BCUT2D eigenvalue weighted by Crippen LogP contribution is 2.61. The summed E-state index contributed by atoms with van der Waals surface area (Å²) in [6.07, 6.45) is 11.8. The second-order valence-electron chi connectivity index (χ2n) is 9.31. The minimum absolute atomic E-state index is 0.493. The fourth-order valence-corrected chi connectivity index (χ4v) is 7.84. The highest BCUT2D eigenvalue weighted by atomic mass is 79.9. The molecule has 5 heteroatoms. The average Bonchev–Trinajstić information content (AvgIpc) is 3.00. The molecule has 0 spiro atoms. The molecule has 0 N–H and O–H groups in total. The van der Waals surface area contributed by atoms with Crippen LogP contribution in [0.15, 0.2) is 46.5 Å². The molecule has 6 rings (SSSR count). The van der Waals surface area contributed by atoms with Gasteiger partial charge in [0.25, 0.3) is 0 Å². The van der Waals surface area contributed by atoms with E-state index in [9.17, 15) is 0 Å². The van der Waals surface area contributed by atoms with Crippen molar-refractivity contribution >= 4 is 27.7 Å². The second-order valence-corrected chi connectivity index (χ2v) is 11.2. The number of hydrogen-bond acceptors (Lipinski definition) is 3. The molecule has 0 atom stereocenters. The van der Waals surface area contributed by atoms with Crippen molar-refractivity contribution in [3.05, 3.63) is 52.8 Å². The lowest BCUT2D eigenvalue weighted by atomic mass is 9.49. The van der Waals surface area contributed by atoms with E-state index in [1.165, 1.54) is 49.9 Å². The van der Waals surface area contributed by atoms with Gasteiger partial charge in [0.15, 0.2) is 5.16 Å². The number of aromatic nitrogens is 3. The van der Waals surface area contributed by atoms with Crippen molar-refractivity contribution in [3.8, 4) is 0 Å². The first kappa shape index (κ1) is 18.9. The molecule has 0 aliphatic heterocycles. The van der Waals surface area contributed by atoms with Crippen molar-refractivity contribution in [2.24, 2.45) is 23.2 Å². The number of thioether (sulfide) groups is 1. The van der Waals surface area contributed by atoms with Crippen molar-refractivity contribution in [1.29, 1.82) is 0 Å². The van der Waals surface area contributed by atoms with E-state index in [2.05, 4.69) is 61.5 Å². The molecule has 3 nitrogen and oxygen atoms in total. The molecule has 1 aromatic carbocycles. The molecule has 28 heavy (non-hydrogen) atoms. The Kier molecular flexibility index (Phi) is 5.16. The van der Waals surface area contributed by atoms with Crippen molar-refractivity contribution in [2.45, 2.75) is 62.4 Å². The Morgan fingerprint density at radius 1 is 1.14 bits per heavy atom. The van der Waals surface area contributed by atoms with Crippen molar-refractivity contribution in [3.63, 3.8) is 0 Å². The van der Waals surface area contributed by atoms with Crippen LogP contribution in [0.4, 0.5) is 0 Å². The summed E-state index contributed by atoms with van der Waals surface area (Å²) in [6, 6.07) is 8.50. The first-order valence-corrected chi connectivity index (χ1v) is 12.3. The van der Waals surface area contributed by atoms with Gasteiger partial charge < -0.3 is 4.57 Å². The molecule has 0 amide bonds. The fourth-order valence-electron chi connectivity index (χ4n) is 6.49. The molecular weight excluding hydrogens is 430 g/mol. The van der Waals surface area contributed by atoms with Crippen LogP contribution in [0.3, 0.4) is 0 Å². The monoisotopic (exact) mass is 457 g/mol. The molecule has 1 aromatic heterocycles. The smallest absolute Gasteiger partial charge is 0.191 e. The maximum Gasteiger partial charge on any atom is 0.191 e. The molecule has 4 fully saturated rings. The topological polar surface area (TPSA) is 30.7 Å². The van der Waals surface area contributed by atoms with E-state index < -0.39 is 0 Å². The SMILES string of the molecule is C=CCn1c(CC23CC4CC(CC(C4)C2)C3)nnc1SCc1cccc(Br)c1. The Labute approximate surface area is 180 Å². The second kappa shape index (κ2) is 7.64. The summed E-state index contributed by atoms with van der Waals surface area (Å²) in [5.41, 5.74) is 1.79. The van der Waals surface area contributed by atoms with Crippen LogP contribution in [0.2, 0.25) is 0 Å². The molecule has 0 saturated heterocycles. The van der Waals surface area contributed by atoms with Crippen molar-refractivity contribution in [1.82, 2.24) is 14.8 Å². The van der Waals surface area contributed by atoms with E-state index in [1.54, 1.807) is 11.8 Å². The summed E-state index contributed by atoms with van der Waals surface area (Å²) in [7, 11) is 0. The lowest BCUT2D eigenvalue weighted by Gasteiger charge is -2.56. The summed E-state index contributed by atoms with van der Waals surface area (Å²) in [4.78, 5) is 0. The van der Waals surface area contributed by atoms with Gasteiger partial charge in [-0.25, -0.2) is 0 Å². The summed E-state index contributed by atoms with van der Waals surface area (Å²) >= 11 is 5.35. The van der Waals surface area contributed by atoms with Crippen molar-refractivity contribution in [2.75, 3.05) is 0 Å². The Balaban J connectivity index is 1.34. The minimum Gasteiger partial charge on any atom is -0.302 e. The van der Waals surface area contributed by atoms with E-state index in [4.69, 9.17) is 0 Å². The number of benzene rings is 1. The zero-order valence-electron chi connectivity index (χ0n) is 16.3. The predicted octanol–water partition coefficient (Wildman–Crippen LogP) is 6.28. The number of halogens is 1. The van der Waals surface area contributed by atoms with Crippen LogP contribution < -0.4 is 0 Å². The largest absolute Gasteiger partial charge is 0.302 e. The Morgan fingerprint density at radius 3 is 2.50 bits per heavy atom. The van der Waals surface area contributed by atoms with Gasteiger partial charge in [0.2, 0.25) is 0 Å². The third kappa shape index (κ3) is 3.72.